The molecule has 4 aromatic rings. The first-order valence-corrected chi connectivity index (χ1v) is 9.41. The zero-order valence-corrected chi connectivity index (χ0v) is 14.8. The smallest absolute Gasteiger partial charge is 0.147 e. The summed E-state index contributed by atoms with van der Waals surface area (Å²) in [4.78, 5) is 19.0. The SMILES string of the molecule is c1cc(C2CC2)c2cc([C@@H]3c4nc[nH]c4CCN3c3cnccn3)nn2c1. The van der Waals surface area contributed by atoms with Gasteiger partial charge in [-0.1, -0.05) is 6.07 Å². The van der Waals surface area contributed by atoms with Gasteiger partial charge in [0.25, 0.3) is 0 Å². The Morgan fingerprint density at radius 2 is 2.11 bits per heavy atom. The number of aromatic nitrogens is 6. The highest BCUT2D eigenvalue weighted by Crippen LogP contribution is 2.43. The van der Waals surface area contributed by atoms with Gasteiger partial charge in [0, 0.05) is 37.3 Å². The summed E-state index contributed by atoms with van der Waals surface area (Å²) in [6, 6.07) is 6.49. The largest absolute Gasteiger partial charge is 0.348 e. The maximum atomic E-state index is 4.93. The molecule has 2 aliphatic rings. The fourth-order valence-corrected chi connectivity index (χ4v) is 4.19. The van der Waals surface area contributed by atoms with Crippen LogP contribution in [-0.2, 0) is 6.42 Å². The Hall–Kier alpha value is -3.22. The number of aromatic amines is 1. The molecule has 1 atom stereocenters. The van der Waals surface area contributed by atoms with Crippen LogP contribution >= 0.6 is 0 Å². The lowest BCUT2D eigenvalue weighted by molar-refractivity contribution is 0.609. The van der Waals surface area contributed by atoms with Crippen molar-refractivity contribution in [3.8, 4) is 0 Å². The standard InChI is InChI=1S/C20H19N7/c1-2-14(13-3-4-13)17-10-16(25-27(17)8-1)20-19-15(23-12-24-19)5-9-26(20)18-11-21-6-7-22-18/h1-2,6-8,10-13,20H,3-5,9H2,(H,23,24)/t20-/m1/s1. The lowest BCUT2D eigenvalue weighted by Crippen LogP contribution is -2.37. The Balaban J connectivity index is 1.52. The Bertz CT molecular complexity index is 1110. The molecule has 1 fully saturated rings. The van der Waals surface area contributed by atoms with Gasteiger partial charge in [0.2, 0.25) is 0 Å². The monoisotopic (exact) mass is 357 g/mol. The van der Waals surface area contributed by atoms with E-state index in [0.717, 1.165) is 30.2 Å². The van der Waals surface area contributed by atoms with Crippen molar-refractivity contribution in [2.24, 2.45) is 0 Å². The topological polar surface area (TPSA) is 75.0 Å². The third-order valence-electron chi connectivity index (χ3n) is 5.62. The number of H-pyrrole nitrogens is 1. The molecule has 6 rings (SSSR count). The lowest BCUT2D eigenvalue weighted by Gasteiger charge is -2.34. The summed E-state index contributed by atoms with van der Waals surface area (Å²) in [6.07, 6.45) is 12.5. The maximum absolute atomic E-state index is 4.93. The van der Waals surface area contributed by atoms with Crippen LogP contribution in [0.2, 0.25) is 0 Å². The Morgan fingerprint density at radius 3 is 2.96 bits per heavy atom. The Kier molecular flexibility index (Phi) is 3.11. The molecule has 7 heteroatoms. The second-order valence-electron chi connectivity index (χ2n) is 7.31. The van der Waals surface area contributed by atoms with Gasteiger partial charge in [0.15, 0.2) is 0 Å². The number of hydrogen-bond acceptors (Lipinski definition) is 5. The maximum Gasteiger partial charge on any atom is 0.147 e. The first-order valence-electron chi connectivity index (χ1n) is 9.41. The van der Waals surface area contributed by atoms with Crippen LogP contribution in [0.15, 0.2) is 49.3 Å². The van der Waals surface area contributed by atoms with Crippen molar-refractivity contribution in [1.82, 2.24) is 29.5 Å². The van der Waals surface area contributed by atoms with Gasteiger partial charge in [-0.3, -0.25) is 4.98 Å². The van der Waals surface area contributed by atoms with Crippen molar-refractivity contribution in [3.63, 3.8) is 0 Å². The molecule has 27 heavy (non-hydrogen) atoms. The van der Waals surface area contributed by atoms with Gasteiger partial charge in [0.05, 0.1) is 29.4 Å². The van der Waals surface area contributed by atoms with Gasteiger partial charge in [-0.2, -0.15) is 5.10 Å². The zero-order valence-electron chi connectivity index (χ0n) is 14.8. The number of anilines is 1. The van der Waals surface area contributed by atoms with Gasteiger partial charge in [0.1, 0.15) is 11.9 Å². The van der Waals surface area contributed by atoms with E-state index in [1.165, 1.54) is 29.6 Å². The molecule has 0 amide bonds. The summed E-state index contributed by atoms with van der Waals surface area (Å²) in [5.74, 6) is 1.54. The summed E-state index contributed by atoms with van der Waals surface area (Å²) >= 11 is 0. The lowest BCUT2D eigenvalue weighted by atomic mass is 9.99. The van der Waals surface area contributed by atoms with E-state index in [1.807, 2.05) is 16.9 Å². The zero-order chi connectivity index (χ0) is 17.8. The molecule has 0 saturated heterocycles. The molecular weight excluding hydrogens is 338 g/mol. The first-order chi connectivity index (χ1) is 13.4. The first kappa shape index (κ1) is 14.9. The number of imidazole rings is 1. The van der Waals surface area contributed by atoms with Gasteiger partial charge in [-0.05, 0) is 36.5 Å². The molecule has 134 valence electrons. The van der Waals surface area contributed by atoms with E-state index in [4.69, 9.17) is 5.10 Å². The number of pyridine rings is 1. The minimum atomic E-state index is -0.0661. The van der Waals surface area contributed by atoms with Gasteiger partial charge < -0.3 is 9.88 Å². The molecule has 0 spiro atoms. The molecule has 0 bridgehead atoms. The van der Waals surface area contributed by atoms with Crippen molar-refractivity contribution < 1.29 is 0 Å². The minimum absolute atomic E-state index is 0.0661. The van der Waals surface area contributed by atoms with Crippen LogP contribution in [-0.4, -0.2) is 36.1 Å². The quantitative estimate of drug-likeness (QED) is 0.610. The van der Waals surface area contributed by atoms with E-state index in [1.54, 1.807) is 18.7 Å². The summed E-state index contributed by atoms with van der Waals surface area (Å²) < 4.78 is 2.01. The summed E-state index contributed by atoms with van der Waals surface area (Å²) in [7, 11) is 0. The van der Waals surface area contributed by atoms with E-state index in [2.05, 4.69) is 43.0 Å². The minimum Gasteiger partial charge on any atom is -0.348 e. The second kappa shape index (κ2) is 5.64. The fourth-order valence-electron chi connectivity index (χ4n) is 4.19. The number of fused-ring (bicyclic) bond motifs is 2. The van der Waals surface area contributed by atoms with Gasteiger partial charge in [-0.15, -0.1) is 0 Å². The van der Waals surface area contributed by atoms with Crippen LogP contribution in [0.25, 0.3) is 5.52 Å². The van der Waals surface area contributed by atoms with Crippen LogP contribution in [0.5, 0.6) is 0 Å². The predicted octanol–water partition coefficient (Wildman–Crippen LogP) is 2.88. The molecule has 0 radical (unpaired) electrons. The van der Waals surface area contributed by atoms with Crippen LogP contribution in [0.4, 0.5) is 5.82 Å². The average molecular weight is 357 g/mol. The molecule has 0 unspecified atom stereocenters. The van der Waals surface area contributed by atoms with Crippen LogP contribution in [0, 0.1) is 0 Å². The number of hydrogen-bond donors (Lipinski definition) is 1. The predicted molar refractivity (Wildman–Crippen MR) is 101 cm³/mol. The van der Waals surface area contributed by atoms with Crippen LogP contribution in [0.1, 0.15) is 47.4 Å². The summed E-state index contributed by atoms with van der Waals surface area (Å²) in [6.45, 7) is 0.849. The van der Waals surface area contributed by atoms with E-state index in [0.29, 0.717) is 5.92 Å². The number of nitrogens with one attached hydrogen (secondary N) is 1. The number of rotatable bonds is 3. The van der Waals surface area contributed by atoms with Crippen LogP contribution in [0.3, 0.4) is 0 Å². The molecule has 1 aliphatic carbocycles. The molecular formula is C20H19N7. The Labute approximate surface area is 156 Å². The highest BCUT2D eigenvalue weighted by molar-refractivity contribution is 5.60. The van der Waals surface area contributed by atoms with Gasteiger partial charge in [-0.25, -0.2) is 14.5 Å². The van der Waals surface area contributed by atoms with Crippen molar-refractivity contribution in [1.29, 1.82) is 0 Å². The molecule has 1 saturated carbocycles. The highest BCUT2D eigenvalue weighted by Gasteiger charge is 2.34. The fraction of sp³-hybridized carbons (Fsp3) is 0.300. The van der Waals surface area contributed by atoms with E-state index in [9.17, 15) is 0 Å². The van der Waals surface area contributed by atoms with Crippen molar-refractivity contribution >= 4 is 11.3 Å². The third kappa shape index (κ3) is 2.34. The van der Waals surface area contributed by atoms with Gasteiger partial charge >= 0.3 is 0 Å². The van der Waals surface area contributed by atoms with E-state index >= 15 is 0 Å². The molecule has 4 aromatic heterocycles. The molecule has 1 N–H and O–H groups in total. The number of nitrogens with zero attached hydrogens (tertiary/aromatic N) is 6. The van der Waals surface area contributed by atoms with E-state index < -0.39 is 0 Å². The molecule has 7 nitrogen and oxygen atoms in total. The third-order valence-corrected chi connectivity index (χ3v) is 5.62. The molecule has 5 heterocycles. The van der Waals surface area contributed by atoms with E-state index in [-0.39, 0.29) is 6.04 Å². The highest BCUT2D eigenvalue weighted by atomic mass is 15.3. The summed E-state index contributed by atoms with van der Waals surface area (Å²) in [5.41, 5.74) is 5.82. The molecule has 0 aromatic carbocycles. The normalized spacial score (nSPS) is 19.4. The molecule has 1 aliphatic heterocycles. The average Bonchev–Trinajstić information content (AvgIpc) is 3.28. The van der Waals surface area contributed by atoms with Crippen molar-refractivity contribution in [2.45, 2.75) is 31.2 Å². The van der Waals surface area contributed by atoms with Crippen LogP contribution < -0.4 is 4.90 Å². The van der Waals surface area contributed by atoms with Crippen molar-refractivity contribution in [3.05, 3.63) is 72.0 Å². The summed E-state index contributed by atoms with van der Waals surface area (Å²) in [5, 5.41) is 4.93. The second-order valence-corrected chi connectivity index (χ2v) is 7.31. The Morgan fingerprint density at radius 1 is 1.15 bits per heavy atom. The van der Waals surface area contributed by atoms with Crippen molar-refractivity contribution in [2.75, 3.05) is 11.4 Å².